The first-order valence-corrected chi connectivity index (χ1v) is 5.32. The second-order valence-corrected chi connectivity index (χ2v) is 3.84. The fourth-order valence-corrected chi connectivity index (χ4v) is 1.56. The molecule has 0 spiro atoms. The Kier molecular flexibility index (Phi) is 3.25. The maximum Gasteiger partial charge on any atom is 0.416 e. The molecule has 2 rings (SSSR count). The number of nitrogens with two attached hydrogens (primary N) is 1. The minimum absolute atomic E-state index is 0.0105. The predicted octanol–water partition coefficient (Wildman–Crippen LogP) is 2.91. The van der Waals surface area contributed by atoms with Gasteiger partial charge in [-0.3, -0.25) is 9.78 Å². The molecule has 0 aliphatic carbocycles. The van der Waals surface area contributed by atoms with E-state index in [1.54, 1.807) is 12.1 Å². The normalized spacial score (nSPS) is 11.3. The van der Waals surface area contributed by atoms with Crippen molar-refractivity contribution >= 4 is 11.5 Å². The minimum Gasteiger partial charge on any atom is -0.398 e. The number of alkyl halides is 3. The van der Waals surface area contributed by atoms with Gasteiger partial charge in [0, 0.05) is 17.4 Å². The van der Waals surface area contributed by atoms with Crippen LogP contribution in [-0.2, 0) is 6.18 Å². The number of benzene rings is 1. The second-order valence-electron chi connectivity index (χ2n) is 3.84. The number of nitrogens with zero attached hydrogens (tertiary/aromatic N) is 1. The van der Waals surface area contributed by atoms with Crippen molar-refractivity contribution in [2.75, 3.05) is 5.73 Å². The lowest BCUT2D eigenvalue weighted by atomic mass is 10.0. The number of hydrogen-bond donors (Lipinski definition) is 1. The van der Waals surface area contributed by atoms with Crippen molar-refractivity contribution < 1.29 is 18.0 Å². The number of nitrogen functional groups attached to an aromatic ring is 1. The number of carbonyl (C=O) groups excluding carboxylic acids is 1. The van der Waals surface area contributed by atoms with Crippen LogP contribution in [-0.4, -0.2) is 10.8 Å². The van der Waals surface area contributed by atoms with Gasteiger partial charge in [0.2, 0.25) is 5.78 Å². The van der Waals surface area contributed by atoms with Gasteiger partial charge in [-0.1, -0.05) is 6.07 Å². The highest BCUT2D eigenvalue weighted by Gasteiger charge is 2.31. The zero-order valence-corrected chi connectivity index (χ0v) is 9.61. The Labute approximate surface area is 106 Å². The Bertz CT molecular complexity index is 609. The van der Waals surface area contributed by atoms with E-state index in [1.165, 1.54) is 12.3 Å². The standard InChI is InChI=1S/C13H9F3N2O/c14-13(15,16)8-4-5-10(17)9(7-8)12(19)11-3-1-2-6-18-11/h1-7H,17H2. The number of hydrogen-bond acceptors (Lipinski definition) is 3. The SMILES string of the molecule is Nc1ccc(C(F)(F)F)cc1C(=O)c1ccccn1. The summed E-state index contributed by atoms with van der Waals surface area (Å²) in [5.74, 6) is -0.635. The summed E-state index contributed by atoms with van der Waals surface area (Å²) in [6.45, 7) is 0. The Morgan fingerprint density at radius 2 is 1.89 bits per heavy atom. The molecule has 0 fully saturated rings. The highest BCUT2D eigenvalue weighted by atomic mass is 19.4. The monoisotopic (exact) mass is 266 g/mol. The van der Waals surface area contributed by atoms with E-state index >= 15 is 0 Å². The molecular formula is C13H9F3N2O. The van der Waals surface area contributed by atoms with E-state index in [-0.39, 0.29) is 16.9 Å². The highest BCUT2D eigenvalue weighted by molar-refractivity contribution is 6.11. The molecule has 0 saturated heterocycles. The van der Waals surface area contributed by atoms with E-state index in [9.17, 15) is 18.0 Å². The van der Waals surface area contributed by atoms with E-state index in [1.807, 2.05) is 0 Å². The molecular weight excluding hydrogens is 257 g/mol. The molecule has 19 heavy (non-hydrogen) atoms. The van der Waals surface area contributed by atoms with Gasteiger partial charge in [-0.25, -0.2) is 0 Å². The number of halogens is 3. The fraction of sp³-hybridized carbons (Fsp3) is 0.0769. The third-order valence-corrected chi connectivity index (χ3v) is 2.52. The molecule has 1 aromatic heterocycles. The van der Waals surface area contributed by atoms with Crippen LogP contribution >= 0.6 is 0 Å². The lowest BCUT2D eigenvalue weighted by Crippen LogP contribution is -2.11. The fourth-order valence-electron chi connectivity index (χ4n) is 1.56. The van der Waals surface area contributed by atoms with Crippen LogP contribution in [0.3, 0.4) is 0 Å². The molecule has 98 valence electrons. The average Bonchev–Trinajstić information content (AvgIpc) is 2.38. The molecule has 0 atom stereocenters. The summed E-state index contributed by atoms with van der Waals surface area (Å²) < 4.78 is 37.8. The highest BCUT2D eigenvalue weighted by Crippen LogP contribution is 2.31. The number of carbonyl (C=O) groups is 1. The van der Waals surface area contributed by atoms with E-state index < -0.39 is 17.5 Å². The maximum absolute atomic E-state index is 12.6. The second kappa shape index (κ2) is 4.72. The van der Waals surface area contributed by atoms with Crippen LogP contribution in [0.2, 0.25) is 0 Å². The molecule has 0 saturated carbocycles. The third-order valence-electron chi connectivity index (χ3n) is 2.52. The number of aromatic nitrogens is 1. The Morgan fingerprint density at radius 3 is 2.47 bits per heavy atom. The largest absolute Gasteiger partial charge is 0.416 e. The minimum atomic E-state index is -4.52. The van der Waals surface area contributed by atoms with Crippen LogP contribution in [0.4, 0.5) is 18.9 Å². The van der Waals surface area contributed by atoms with Crippen LogP contribution in [0.25, 0.3) is 0 Å². The molecule has 6 heteroatoms. The Balaban J connectivity index is 2.48. The zero-order valence-electron chi connectivity index (χ0n) is 9.61. The molecule has 0 bridgehead atoms. The number of pyridine rings is 1. The van der Waals surface area contributed by atoms with Crippen LogP contribution in [0.5, 0.6) is 0 Å². The number of ketones is 1. The predicted molar refractivity (Wildman–Crippen MR) is 63.5 cm³/mol. The van der Waals surface area contributed by atoms with Gasteiger partial charge in [0.05, 0.1) is 5.56 Å². The molecule has 0 radical (unpaired) electrons. The van der Waals surface area contributed by atoms with E-state index in [2.05, 4.69) is 4.98 Å². The molecule has 3 nitrogen and oxygen atoms in total. The average molecular weight is 266 g/mol. The van der Waals surface area contributed by atoms with Gasteiger partial charge in [0.1, 0.15) is 5.69 Å². The quantitative estimate of drug-likeness (QED) is 0.671. The lowest BCUT2D eigenvalue weighted by Gasteiger charge is -2.10. The summed E-state index contributed by atoms with van der Waals surface area (Å²) in [6.07, 6.45) is -3.14. The lowest BCUT2D eigenvalue weighted by molar-refractivity contribution is -0.137. The summed E-state index contributed by atoms with van der Waals surface area (Å²) >= 11 is 0. The van der Waals surface area contributed by atoms with E-state index in [4.69, 9.17) is 5.73 Å². The first-order valence-electron chi connectivity index (χ1n) is 5.32. The van der Waals surface area contributed by atoms with Gasteiger partial charge in [0.25, 0.3) is 0 Å². The van der Waals surface area contributed by atoms with Gasteiger partial charge in [-0.15, -0.1) is 0 Å². The molecule has 1 heterocycles. The van der Waals surface area contributed by atoms with Gasteiger partial charge < -0.3 is 5.73 Å². The zero-order chi connectivity index (χ0) is 14.0. The first-order chi connectivity index (χ1) is 8.89. The van der Waals surface area contributed by atoms with Crippen molar-refractivity contribution in [2.45, 2.75) is 6.18 Å². The van der Waals surface area contributed by atoms with Gasteiger partial charge in [-0.2, -0.15) is 13.2 Å². The first kappa shape index (κ1) is 13.1. The molecule has 2 aromatic rings. The van der Waals surface area contributed by atoms with Gasteiger partial charge in [-0.05, 0) is 30.3 Å². The number of rotatable bonds is 2. The van der Waals surface area contributed by atoms with Gasteiger partial charge in [0.15, 0.2) is 0 Å². The topological polar surface area (TPSA) is 56.0 Å². The molecule has 0 aliphatic heterocycles. The summed E-state index contributed by atoms with van der Waals surface area (Å²) in [5, 5.41) is 0. The number of anilines is 1. The maximum atomic E-state index is 12.6. The van der Waals surface area contributed by atoms with Crippen LogP contribution < -0.4 is 5.73 Å². The van der Waals surface area contributed by atoms with Crippen molar-refractivity contribution in [2.24, 2.45) is 0 Å². The van der Waals surface area contributed by atoms with Crippen molar-refractivity contribution in [1.29, 1.82) is 0 Å². The van der Waals surface area contributed by atoms with Crippen LogP contribution in [0.15, 0.2) is 42.6 Å². The molecule has 0 aliphatic rings. The summed E-state index contributed by atoms with van der Waals surface area (Å²) in [6, 6.07) is 7.24. The third kappa shape index (κ3) is 2.73. The van der Waals surface area contributed by atoms with E-state index in [0.717, 1.165) is 18.2 Å². The molecule has 0 unspecified atom stereocenters. The van der Waals surface area contributed by atoms with Crippen molar-refractivity contribution in [3.8, 4) is 0 Å². The Hall–Kier alpha value is -2.37. The van der Waals surface area contributed by atoms with E-state index in [0.29, 0.717) is 0 Å². The van der Waals surface area contributed by atoms with Crippen molar-refractivity contribution in [3.05, 3.63) is 59.4 Å². The summed E-state index contributed by atoms with van der Waals surface area (Å²) in [4.78, 5) is 15.8. The molecule has 2 N–H and O–H groups in total. The Morgan fingerprint density at radius 1 is 1.16 bits per heavy atom. The van der Waals surface area contributed by atoms with Crippen LogP contribution in [0.1, 0.15) is 21.6 Å². The van der Waals surface area contributed by atoms with Crippen LogP contribution in [0, 0.1) is 0 Å². The van der Waals surface area contributed by atoms with Gasteiger partial charge >= 0.3 is 6.18 Å². The molecule has 1 aromatic carbocycles. The van der Waals surface area contributed by atoms with Crippen molar-refractivity contribution in [3.63, 3.8) is 0 Å². The summed E-state index contributed by atoms with van der Waals surface area (Å²) in [5.41, 5.74) is 4.48. The van der Waals surface area contributed by atoms with Crippen molar-refractivity contribution in [1.82, 2.24) is 4.98 Å². The summed E-state index contributed by atoms with van der Waals surface area (Å²) in [7, 11) is 0. The smallest absolute Gasteiger partial charge is 0.398 e. The molecule has 0 amide bonds.